The van der Waals surface area contributed by atoms with Crippen LogP contribution in [0, 0.1) is 11.8 Å². The fraction of sp³-hybridized carbons (Fsp3) is 0.257. The van der Waals surface area contributed by atoms with E-state index in [0.717, 1.165) is 63.3 Å². The first-order chi connectivity index (χ1) is 20.0. The van der Waals surface area contributed by atoms with Crippen LogP contribution >= 0.6 is 0 Å². The van der Waals surface area contributed by atoms with Gasteiger partial charge in [-0.1, -0.05) is 54.6 Å². The SMILES string of the molecule is C=C[C@H]1C[N@]2CC[C@H]1C[C@@H]2[C@@H](O)c1ccnc2ccc(OC)cc12.O=C(O)c1c2ccccc2cc2ccccc12. The molecular formula is C35H34N2O4. The fourth-order valence-electron chi connectivity index (χ4n) is 6.69. The van der Waals surface area contributed by atoms with Crippen LogP contribution < -0.4 is 4.74 Å². The first-order valence-electron chi connectivity index (χ1n) is 14.1. The van der Waals surface area contributed by atoms with Crippen LogP contribution in [0.5, 0.6) is 5.75 Å². The van der Waals surface area contributed by atoms with E-state index in [9.17, 15) is 15.0 Å². The number of aromatic carboxylic acids is 1. The highest BCUT2D eigenvalue weighted by Gasteiger charge is 2.42. The van der Waals surface area contributed by atoms with E-state index in [2.05, 4.69) is 22.5 Å². The van der Waals surface area contributed by atoms with E-state index in [1.807, 2.05) is 78.9 Å². The van der Waals surface area contributed by atoms with Gasteiger partial charge in [-0.2, -0.15) is 0 Å². The van der Waals surface area contributed by atoms with E-state index >= 15 is 0 Å². The Kier molecular flexibility index (Phi) is 7.43. The van der Waals surface area contributed by atoms with Crippen LogP contribution in [0.2, 0.25) is 0 Å². The third-order valence-corrected chi connectivity index (χ3v) is 8.80. The lowest BCUT2D eigenvalue weighted by Crippen LogP contribution is -2.54. The zero-order valence-electron chi connectivity index (χ0n) is 23.1. The number of pyridine rings is 1. The molecule has 2 N–H and O–H groups in total. The van der Waals surface area contributed by atoms with Crippen LogP contribution in [0.3, 0.4) is 0 Å². The molecule has 0 saturated carbocycles. The minimum Gasteiger partial charge on any atom is -0.497 e. The molecule has 41 heavy (non-hydrogen) atoms. The first kappa shape index (κ1) is 26.9. The maximum Gasteiger partial charge on any atom is 0.336 e. The molecule has 3 aliphatic heterocycles. The number of fused-ring (bicyclic) bond motifs is 6. The topological polar surface area (TPSA) is 82.9 Å². The van der Waals surface area contributed by atoms with Gasteiger partial charge in [-0.3, -0.25) is 9.88 Å². The Hall–Kier alpha value is -4.26. The molecule has 0 aliphatic carbocycles. The summed E-state index contributed by atoms with van der Waals surface area (Å²) < 4.78 is 5.35. The lowest BCUT2D eigenvalue weighted by atomic mass is 9.73. The second-order valence-corrected chi connectivity index (χ2v) is 11.0. The summed E-state index contributed by atoms with van der Waals surface area (Å²) in [6.45, 7) is 6.07. The Bertz CT molecular complexity index is 1700. The molecule has 3 saturated heterocycles. The number of nitrogens with zero attached hydrogens (tertiary/aromatic N) is 2. The third kappa shape index (κ3) is 5.05. The number of aliphatic hydroxyl groups is 1. The molecule has 0 spiro atoms. The Morgan fingerprint density at radius 3 is 2.34 bits per heavy atom. The quantitative estimate of drug-likeness (QED) is 0.185. The zero-order valence-corrected chi connectivity index (χ0v) is 23.1. The highest BCUT2D eigenvalue weighted by Crippen LogP contribution is 2.42. The summed E-state index contributed by atoms with van der Waals surface area (Å²) in [4.78, 5) is 18.3. The van der Waals surface area contributed by atoms with Gasteiger partial charge in [-0.05, 0) is 88.7 Å². The number of methoxy groups -OCH3 is 1. The van der Waals surface area contributed by atoms with Crippen molar-refractivity contribution < 1.29 is 19.7 Å². The molecule has 208 valence electrons. The van der Waals surface area contributed by atoms with Crippen molar-refractivity contribution in [2.45, 2.75) is 25.0 Å². The van der Waals surface area contributed by atoms with E-state index < -0.39 is 12.1 Å². The molecule has 0 amide bonds. The third-order valence-electron chi connectivity index (χ3n) is 8.80. The summed E-state index contributed by atoms with van der Waals surface area (Å²) in [5.41, 5.74) is 2.23. The van der Waals surface area contributed by atoms with Gasteiger partial charge in [0.2, 0.25) is 0 Å². The molecule has 1 aromatic heterocycles. The number of aliphatic hydroxyl groups excluding tert-OH is 1. The van der Waals surface area contributed by atoms with Gasteiger partial charge in [0.15, 0.2) is 0 Å². The number of rotatable bonds is 5. The molecule has 2 bridgehead atoms. The van der Waals surface area contributed by atoms with Crippen molar-refractivity contribution in [3.8, 4) is 5.75 Å². The highest BCUT2D eigenvalue weighted by molar-refractivity contribution is 6.15. The van der Waals surface area contributed by atoms with Crippen molar-refractivity contribution in [2.24, 2.45) is 11.8 Å². The summed E-state index contributed by atoms with van der Waals surface area (Å²) in [6.07, 6.45) is 5.62. The first-order valence-corrected chi connectivity index (χ1v) is 14.1. The highest BCUT2D eigenvalue weighted by atomic mass is 16.5. The zero-order chi connectivity index (χ0) is 28.5. The number of carboxylic acids is 1. The van der Waals surface area contributed by atoms with E-state index in [-0.39, 0.29) is 6.04 Å². The van der Waals surface area contributed by atoms with Crippen molar-refractivity contribution in [1.82, 2.24) is 9.88 Å². The van der Waals surface area contributed by atoms with Crippen molar-refractivity contribution in [1.29, 1.82) is 0 Å². The van der Waals surface area contributed by atoms with Crippen LogP contribution in [0.25, 0.3) is 32.4 Å². The maximum absolute atomic E-state index is 11.4. The lowest BCUT2D eigenvalue weighted by molar-refractivity contribution is -0.0444. The monoisotopic (exact) mass is 546 g/mol. The maximum atomic E-state index is 11.4. The number of aromatic nitrogens is 1. The van der Waals surface area contributed by atoms with Crippen LogP contribution in [0.1, 0.15) is 34.9 Å². The smallest absolute Gasteiger partial charge is 0.336 e. The minimum atomic E-state index is -0.877. The summed E-state index contributed by atoms with van der Waals surface area (Å²) in [7, 11) is 1.66. The van der Waals surface area contributed by atoms with Gasteiger partial charge in [0, 0.05) is 24.2 Å². The standard InChI is InChI=1S/C20H24N2O2.C15H10O2/c1-3-13-12-22-9-7-14(13)10-19(22)20(23)16-6-8-21-18-5-4-15(24-2)11-17(16)18;16-15(17)14-12-7-3-1-5-10(12)9-11-6-2-4-8-13(11)14/h3-6,8,11,13-14,19-20,23H,1,7,9-10,12H2,2H3;1-9H,(H,16,17)/t13-,14-,19+,20-;/m0./s1. The molecule has 3 aliphatic rings. The average molecular weight is 547 g/mol. The number of carboxylic acid groups (broad SMARTS) is 1. The molecule has 4 aromatic carbocycles. The number of hydrogen-bond donors (Lipinski definition) is 2. The molecule has 6 nitrogen and oxygen atoms in total. The van der Waals surface area contributed by atoms with Gasteiger partial charge < -0.3 is 14.9 Å². The van der Waals surface area contributed by atoms with Crippen LogP contribution in [0.4, 0.5) is 0 Å². The number of carbonyl (C=O) groups is 1. The summed E-state index contributed by atoms with van der Waals surface area (Å²) >= 11 is 0. The minimum absolute atomic E-state index is 0.178. The second kappa shape index (κ2) is 11.3. The molecule has 0 radical (unpaired) electrons. The molecule has 6 heteroatoms. The predicted octanol–water partition coefficient (Wildman–Crippen LogP) is 6.86. The average Bonchev–Trinajstić information content (AvgIpc) is 3.02. The van der Waals surface area contributed by atoms with Crippen LogP contribution in [0.15, 0.2) is 97.7 Å². The Labute approximate surface area is 239 Å². The molecular weight excluding hydrogens is 512 g/mol. The van der Waals surface area contributed by atoms with E-state index in [4.69, 9.17) is 4.74 Å². The van der Waals surface area contributed by atoms with Crippen molar-refractivity contribution in [3.63, 3.8) is 0 Å². The number of hydrogen-bond acceptors (Lipinski definition) is 5. The number of ether oxygens (including phenoxy) is 1. The normalized spacial score (nSPS) is 22.2. The largest absolute Gasteiger partial charge is 0.497 e. The molecule has 5 aromatic rings. The van der Waals surface area contributed by atoms with Crippen molar-refractivity contribution in [2.75, 3.05) is 20.2 Å². The summed E-state index contributed by atoms with van der Waals surface area (Å²) in [5, 5.41) is 25.0. The summed E-state index contributed by atoms with van der Waals surface area (Å²) in [5.74, 6) is 1.13. The van der Waals surface area contributed by atoms with Gasteiger partial charge in [0.1, 0.15) is 5.75 Å². The second-order valence-electron chi connectivity index (χ2n) is 11.0. The van der Waals surface area contributed by atoms with Crippen LogP contribution in [-0.4, -0.2) is 52.3 Å². The van der Waals surface area contributed by atoms with E-state index in [1.165, 1.54) is 6.42 Å². The molecule has 3 fully saturated rings. The number of piperidine rings is 3. The van der Waals surface area contributed by atoms with Gasteiger partial charge >= 0.3 is 5.97 Å². The van der Waals surface area contributed by atoms with Crippen molar-refractivity contribution in [3.05, 3.63) is 109 Å². The molecule has 8 rings (SSSR count). The Balaban J connectivity index is 0.000000156. The fourth-order valence-corrected chi connectivity index (χ4v) is 6.69. The van der Waals surface area contributed by atoms with E-state index in [1.54, 1.807) is 13.3 Å². The Morgan fingerprint density at radius 1 is 1.02 bits per heavy atom. The van der Waals surface area contributed by atoms with Crippen molar-refractivity contribution >= 4 is 38.4 Å². The molecule has 5 atom stereocenters. The van der Waals surface area contributed by atoms with Gasteiger partial charge in [0.05, 0.1) is 24.3 Å². The van der Waals surface area contributed by atoms with Gasteiger partial charge in [-0.15, -0.1) is 6.58 Å². The summed E-state index contributed by atoms with van der Waals surface area (Å²) in [6, 6.07) is 25.1. The predicted molar refractivity (Wildman–Crippen MR) is 163 cm³/mol. The molecule has 0 unspecified atom stereocenters. The number of benzene rings is 4. The van der Waals surface area contributed by atoms with Gasteiger partial charge in [-0.25, -0.2) is 4.79 Å². The Morgan fingerprint density at radius 2 is 1.73 bits per heavy atom. The van der Waals surface area contributed by atoms with E-state index in [0.29, 0.717) is 17.4 Å². The molecule has 4 heterocycles. The lowest BCUT2D eigenvalue weighted by Gasteiger charge is -2.50. The van der Waals surface area contributed by atoms with Gasteiger partial charge in [0.25, 0.3) is 0 Å². The van der Waals surface area contributed by atoms with Crippen LogP contribution in [-0.2, 0) is 0 Å².